The Labute approximate surface area is 69.2 Å². The van der Waals surface area contributed by atoms with Crippen LogP contribution < -0.4 is 0 Å². The van der Waals surface area contributed by atoms with Gasteiger partial charge in [-0.3, -0.25) is 0 Å². The molecule has 0 saturated carbocycles. The van der Waals surface area contributed by atoms with Gasteiger partial charge in [0.15, 0.2) is 0 Å². The topological polar surface area (TPSA) is 33.5 Å². The molecule has 8 heavy (non-hydrogen) atoms. The maximum atomic E-state index is 4.88. The molecule has 0 aromatic carbocycles. The van der Waals surface area contributed by atoms with Crippen LogP contribution in [0.25, 0.3) is 6.15 Å². The Morgan fingerprint density at radius 1 is 1.12 bits per heavy atom. The van der Waals surface area contributed by atoms with Gasteiger partial charge < -0.3 is 6.15 Å². The summed E-state index contributed by atoms with van der Waals surface area (Å²) in [7, 11) is 9.87. The summed E-state index contributed by atoms with van der Waals surface area (Å²) < 4.78 is 0. The van der Waals surface area contributed by atoms with Crippen LogP contribution in [0.15, 0.2) is 0 Å². The fourth-order valence-corrected chi connectivity index (χ4v) is 0. The molecule has 1 nitrogen and oxygen atoms in total. The molecule has 0 unspecified atom stereocenters. The predicted octanol–water partition coefficient (Wildman–Crippen LogP) is 3.18. The maximum Gasteiger partial charge on any atom is -0.693 e. The van der Waals surface area contributed by atoms with E-state index in [4.69, 9.17) is 18.8 Å². The zero-order chi connectivity index (χ0) is 6.28. The van der Waals surface area contributed by atoms with Crippen molar-refractivity contribution in [3.63, 3.8) is 0 Å². The first-order valence-corrected chi connectivity index (χ1v) is 10.4. The zero-order valence-corrected chi connectivity index (χ0v) is 9.93. The first kappa shape index (κ1) is 16.3. The monoisotopic (exact) mass is 358 g/mol. The van der Waals surface area contributed by atoms with Crippen LogP contribution in [0.3, 0.4) is 0 Å². The molecule has 0 fully saturated rings. The third-order valence-electron chi connectivity index (χ3n) is 0. The van der Waals surface area contributed by atoms with Gasteiger partial charge in [0.1, 0.15) is 0 Å². The Kier molecular flexibility index (Phi) is 32.4. The predicted molar refractivity (Wildman–Crippen MR) is 43.1 cm³/mol. The van der Waals surface area contributed by atoms with Crippen LogP contribution in [0.4, 0.5) is 0 Å². The van der Waals surface area contributed by atoms with Gasteiger partial charge in [0.05, 0.1) is 0 Å². The van der Waals surface area contributed by atoms with Gasteiger partial charge in [-0.2, -0.15) is 0 Å². The summed E-state index contributed by atoms with van der Waals surface area (Å²) >= 11 is -0.472. The summed E-state index contributed by atoms with van der Waals surface area (Å²) in [6.07, 6.45) is 0. The molecular weight excluding hydrogens is 347 g/mol. The van der Waals surface area contributed by atoms with E-state index in [1.165, 1.54) is 0 Å². The molecule has 0 radical (unpaired) electrons. The second-order valence-corrected chi connectivity index (χ2v) is 7.83. The van der Waals surface area contributed by atoms with Crippen molar-refractivity contribution in [1.82, 2.24) is 0 Å². The van der Waals surface area contributed by atoms with E-state index in [0.717, 1.165) is 0 Å². The molecule has 0 atom stereocenters. The number of nitrogens with two attached hydrogens (primary N) is 1. The second-order valence-electron chi connectivity index (χ2n) is 1.55. The molecule has 0 aromatic heterocycles. The summed E-state index contributed by atoms with van der Waals surface area (Å²) in [6, 6.07) is 0. The summed E-state index contributed by atoms with van der Waals surface area (Å²) in [4.78, 5) is 0. The van der Waals surface area contributed by atoms with Gasteiger partial charge in [-0.15, -0.1) is 0 Å². The van der Waals surface area contributed by atoms with Crippen LogP contribution >= 0.6 is 26.8 Å². The van der Waals surface area contributed by atoms with E-state index in [2.05, 4.69) is 20.0 Å². The van der Waals surface area contributed by atoms with E-state index in [-0.39, 0.29) is 14.1 Å². The first-order chi connectivity index (χ1) is 3.15. The standard InChI is InChI=1S/C3H9P.2ClH.H2N.Pt/c1-4(2)3;;;;/h1-3H3;2*1H;1H2;/q;;;-1;+2/p-1. The fourth-order valence-electron chi connectivity index (χ4n) is 0. The number of halogens is 2. The Morgan fingerprint density at radius 3 is 1.12 bits per heavy atom. The van der Waals surface area contributed by atoms with E-state index in [0.29, 0.717) is 0 Å². The van der Waals surface area contributed by atoms with Crippen LogP contribution in [0, 0.1) is 0 Å². The van der Waals surface area contributed by atoms with Gasteiger partial charge in [0, 0.05) is 20.0 Å². The summed E-state index contributed by atoms with van der Waals surface area (Å²) in [5.74, 6) is 0. The molecule has 0 spiro atoms. The Morgan fingerprint density at radius 2 is 1.12 bits per heavy atom. The van der Waals surface area contributed by atoms with Crippen molar-refractivity contribution in [2.45, 2.75) is 0 Å². The molecule has 0 saturated heterocycles. The normalized spacial score (nSPS) is 7.25. The molecule has 2 N–H and O–H groups in total. The van der Waals surface area contributed by atoms with Gasteiger partial charge in [-0.25, -0.2) is 0 Å². The number of hydrogen-bond donors (Lipinski definition) is 0. The fraction of sp³-hybridized carbons (Fsp3) is 1.00. The van der Waals surface area contributed by atoms with E-state index in [1.54, 1.807) is 0 Å². The molecule has 0 heterocycles. The molecule has 58 valence electrons. The quantitative estimate of drug-likeness (QED) is 0.596. The molecule has 0 aliphatic rings. The summed E-state index contributed by atoms with van der Waals surface area (Å²) in [5, 5.41) is 0. The molecule has 5 heteroatoms. The van der Waals surface area contributed by atoms with Crippen LogP contribution in [0.5, 0.6) is 0 Å². The smallest absolute Gasteiger partial charge is 0.693 e. The molecule has 0 amide bonds. The minimum atomic E-state index is -0.472. The minimum absolute atomic E-state index is 0. The van der Waals surface area contributed by atoms with Gasteiger partial charge in [0.25, 0.3) is 0 Å². The van der Waals surface area contributed by atoms with Crippen molar-refractivity contribution in [2.24, 2.45) is 0 Å². The number of rotatable bonds is 0. The third kappa shape index (κ3) is 123. The van der Waals surface area contributed by atoms with E-state index >= 15 is 0 Å². The Bertz CT molecular complexity index is 28.5. The zero-order valence-electron chi connectivity index (χ0n) is 5.15. The average molecular weight is 359 g/mol. The molecule has 0 aromatic rings. The SMILES string of the molecule is C[PH+](C)C.[Cl][Pt][Cl].[NH2-]. The molecule has 0 bridgehead atoms. The van der Waals surface area contributed by atoms with Gasteiger partial charge in [0.2, 0.25) is 0 Å². The van der Waals surface area contributed by atoms with Crippen molar-refractivity contribution >= 4 is 26.8 Å². The average Bonchev–Trinajstić information content (AvgIpc) is 1.33. The molecule has 0 rings (SSSR count). The van der Waals surface area contributed by atoms with Crippen molar-refractivity contribution in [1.29, 1.82) is 0 Å². The summed E-state index contributed by atoms with van der Waals surface area (Å²) in [5.41, 5.74) is 0. The molecule has 0 aliphatic heterocycles. The van der Waals surface area contributed by atoms with Gasteiger partial charge in [-0.1, -0.05) is 0 Å². The van der Waals surface area contributed by atoms with Crippen LogP contribution in [0.1, 0.15) is 0 Å². The molecule has 0 aliphatic carbocycles. The van der Waals surface area contributed by atoms with Crippen molar-refractivity contribution in [3.05, 3.63) is 6.15 Å². The maximum absolute atomic E-state index is 4.88. The van der Waals surface area contributed by atoms with Crippen molar-refractivity contribution < 1.29 is 16.5 Å². The van der Waals surface area contributed by atoms with Crippen molar-refractivity contribution in [3.8, 4) is 0 Å². The largest absolute Gasteiger partial charge is 0.693 e. The van der Waals surface area contributed by atoms with Crippen LogP contribution in [-0.4, -0.2) is 20.0 Å². The third-order valence-corrected chi connectivity index (χ3v) is 0. The Hall–Kier alpha value is 1.66. The van der Waals surface area contributed by atoms with Crippen molar-refractivity contribution in [2.75, 3.05) is 20.0 Å². The van der Waals surface area contributed by atoms with Crippen LogP contribution in [0.2, 0.25) is 0 Å². The first-order valence-electron chi connectivity index (χ1n) is 1.74. The van der Waals surface area contributed by atoms with Gasteiger partial charge in [-0.05, 0) is 7.92 Å². The van der Waals surface area contributed by atoms with E-state index in [9.17, 15) is 0 Å². The van der Waals surface area contributed by atoms with E-state index in [1.807, 2.05) is 0 Å². The van der Waals surface area contributed by atoms with Gasteiger partial charge >= 0.3 is 35.3 Å². The Balaban J connectivity index is -0.0000000575. The van der Waals surface area contributed by atoms with Crippen LogP contribution in [-0.2, 0) is 16.5 Å². The summed E-state index contributed by atoms with van der Waals surface area (Å²) in [6.45, 7) is 6.81. The molecular formula is C3H12Cl2NPPt. The van der Waals surface area contributed by atoms with E-state index < -0.39 is 16.5 Å². The minimum Gasteiger partial charge on any atom is -0.693 e. The second kappa shape index (κ2) is 15.9. The number of hydrogen-bond acceptors (Lipinski definition) is 0.